The van der Waals surface area contributed by atoms with Crippen molar-refractivity contribution in [3.8, 4) is 0 Å². The zero-order chi connectivity index (χ0) is 12.2. The fourth-order valence-corrected chi connectivity index (χ4v) is 1.65. The quantitative estimate of drug-likeness (QED) is 0.780. The Hall–Kier alpha value is -1.23. The van der Waals surface area contributed by atoms with Crippen LogP contribution in [0.4, 0.5) is 0 Å². The van der Waals surface area contributed by atoms with E-state index in [0.717, 1.165) is 6.54 Å². The molecule has 2 N–H and O–H groups in total. The second-order valence-corrected chi connectivity index (χ2v) is 3.96. The number of rotatable bonds is 6. The molecular formula is C11H20N4O. The van der Waals surface area contributed by atoms with Crippen LogP contribution in [0.25, 0.3) is 0 Å². The van der Waals surface area contributed by atoms with Gasteiger partial charge in [0.1, 0.15) is 12.2 Å². The Morgan fingerprint density at radius 1 is 1.44 bits per heavy atom. The van der Waals surface area contributed by atoms with Crippen LogP contribution in [-0.2, 0) is 17.8 Å². The topological polar surface area (TPSA) is 73.8 Å². The summed E-state index contributed by atoms with van der Waals surface area (Å²) in [5.41, 5.74) is 5.32. The minimum atomic E-state index is -0.718. The van der Waals surface area contributed by atoms with Gasteiger partial charge in [-0.2, -0.15) is 5.10 Å². The van der Waals surface area contributed by atoms with Crippen molar-refractivity contribution in [1.29, 1.82) is 0 Å². The van der Waals surface area contributed by atoms with Gasteiger partial charge in [0.05, 0.1) is 12.0 Å². The van der Waals surface area contributed by atoms with Crippen LogP contribution in [0.5, 0.6) is 0 Å². The predicted molar refractivity (Wildman–Crippen MR) is 61.9 cm³/mol. The van der Waals surface area contributed by atoms with E-state index in [4.69, 9.17) is 5.73 Å². The first-order chi connectivity index (χ1) is 7.57. The van der Waals surface area contributed by atoms with Crippen LogP contribution < -0.4 is 5.73 Å². The maximum Gasteiger partial charge on any atom is 0.160 e. The standard InChI is InChI=1S/C11H20N4O/c1-4-11(12,5-2)9(16)7-10-13-8-14-15(10)6-3/h8H,4-7,12H2,1-3H3. The maximum absolute atomic E-state index is 12.1. The molecule has 1 heterocycles. The molecule has 5 nitrogen and oxygen atoms in total. The fraction of sp³-hybridized carbons (Fsp3) is 0.727. The van der Waals surface area contributed by atoms with Crippen molar-refractivity contribution in [2.75, 3.05) is 0 Å². The van der Waals surface area contributed by atoms with E-state index in [9.17, 15) is 4.79 Å². The van der Waals surface area contributed by atoms with Gasteiger partial charge in [0.25, 0.3) is 0 Å². The van der Waals surface area contributed by atoms with Gasteiger partial charge in [0.15, 0.2) is 5.78 Å². The molecule has 0 fully saturated rings. The summed E-state index contributed by atoms with van der Waals surface area (Å²) in [7, 11) is 0. The number of carbonyl (C=O) groups is 1. The molecule has 16 heavy (non-hydrogen) atoms. The van der Waals surface area contributed by atoms with Crippen LogP contribution >= 0.6 is 0 Å². The summed E-state index contributed by atoms with van der Waals surface area (Å²) in [4.78, 5) is 16.1. The van der Waals surface area contributed by atoms with Gasteiger partial charge in [0, 0.05) is 6.54 Å². The SMILES string of the molecule is CCn1ncnc1CC(=O)C(N)(CC)CC. The van der Waals surface area contributed by atoms with E-state index in [0.29, 0.717) is 18.7 Å². The Morgan fingerprint density at radius 3 is 2.56 bits per heavy atom. The molecule has 0 saturated heterocycles. The zero-order valence-electron chi connectivity index (χ0n) is 10.2. The van der Waals surface area contributed by atoms with Crippen LogP contribution in [0.2, 0.25) is 0 Å². The highest BCUT2D eigenvalue weighted by molar-refractivity contribution is 5.89. The van der Waals surface area contributed by atoms with E-state index in [1.54, 1.807) is 4.68 Å². The summed E-state index contributed by atoms with van der Waals surface area (Å²) in [6.45, 7) is 6.56. The summed E-state index contributed by atoms with van der Waals surface area (Å²) < 4.78 is 1.73. The molecule has 0 aromatic carbocycles. The molecule has 0 radical (unpaired) electrons. The fourth-order valence-electron chi connectivity index (χ4n) is 1.65. The molecule has 0 bridgehead atoms. The van der Waals surface area contributed by atoms with Gasteiger partial charge < -0.3 is 5.73 Å². The largest absolute Gasteiger partial charge is 0.319 e. The highest BCUT2D eigenvalue weighted by Crippen LogP contribution is 2.15. The Bertz CT molecular complexity index is 355. The van der Waals surface area contributed by atoms with Gasteiger partial charge in [-0.1, -0.05) is 13.8 Å². The van der Waals surface area contributed by atoms with Crippen molar-refractivity contribution < 1.29 is 4.79 Å². The molecule has 0 amide bonds. The first-order valence-corrected chi connectivity index (χ1v) is 5.76. The number of aryl methyl sites for hydroxylation is 1. The van der Waals surface area contributed by atoms with Crippen molar-refractivity contribution in [2.24, 2.45) is 5.73 Å². The molecule has 0 aliphatic carbocycles. The lowest BCUT2D eigenvalue weighted by Gasteiger charge is -2.24. The van der Waals surface area contributed by atoms with Gasteiger partial charge in [-0.15, -0.1) is 0 Å². The first-order valence-electron chi connectivity index (χ1n) is 5.76. The Balaban J connectivity index is 2.78. The van der Waals surface area contributed by atoms with E-state index >= 15 is 0 Å². The average Bonchev–Trinajstić information content (AvgIpc) is 2.75. The summed E-state index contributed by atoms with van der Waals surface area (Å²) in [6.07, 6.45) is 3.05. The number of nitrogens with two attached hydrogens (primary N) is 1. The van der Waals surface area contributed by atoms with E-state index < -0.39 is 5.54 Å². The van der Waals surface area contributed by atoms with Crippen LogP contribution in [0, 0.1) is 0 Å². The molecule has 0 aliphatic heterocycles. The van der Waals surface area contributed by atoms with Gasteiger partial charge in [-0.3, -0.25) is 4.79 Å². The molecule has 0 unspecified atom stereocenters. The number of hydrogen-bond donors (Lipinski definition) is 1. The third kappa shape index (κ3) is 2.47. The lowest BCUT2D eigenvalue weighted by atomic mass is 9.87. The number of Topliss-reactive ketones (excluding diaryl/α,β-unsaturated/α-hetero) is 1. The van der Waals surface area contributed by atoms with Crippen molar-refractivity contribution in [1.82, 2.24) is 14.8 Å². The predicted octanol–water partition coefficient (Wildman–Crippen LogP) is 0.927. The second kappa shape index (κ2) is 5.21. The van der Waals surface area contributed by atoms with E-state index in [2.05, 4.69) is 10.1 Å². The smallest absolute Gasteiger partial charge is 0.160 e. The normalized spacial score (nSPS) is 11.8. The van der Waals surface area contributed by atoms with Crippen LogP contribution in [0.15, 0.2) is 6.33 Å². The highest BCUT2D eigenvalue weighted by Gasteiger charge is 2.30. The van der Waals surface area contributed by atoms with Gasteiger partial charge in [0.2, 0.25) is 0 Å². The summed E-state index contributed by atoms with van der Waals surface area (Å²) in [5.74, 6) is 0.740. The van der Waals surface area contributed by atoms with E-state index in [-0.39, 0.29) is 12.2 Å². The molecular weight excluding hydrogens is 204 g/mol. The van der Waals surface area contributed by atoms with E-state index in [1.807, 2.05) is 20.8 Å². The monoisotopic (exact) mass is 224 g/mol. The number of nitrogens with zero attached hydrogens (tertiary/aromatic N) is 3. The summed E-state index contributed by atoms with van der Waals surface area (Å²) in [6, 6.07) is 0. The third-order valence-corrected chi connectivity index (χ3v) is 3.13. The maximum atomic E-state index is 12.1. The van der Waals surface area contributed by atoms with Gasteiger partial charge >= 0.3 is 0 Å². The van der Waals surface area contributed by atoms with Crippen LogP contribution in [0.1, 0.15) is 39.4 Å². The van der Waals surface area contributed by atoms with Gasteiger partial charge in [-0.25, -0.2) is 9.67 Å². The first kappa shape index (κ1) is 12.8. The van der Waals surface area contributed by atoms with Crippen molar-refractivity contribution in [3.63, 3.8) is 0 Å². The molecule has 5 heteroatoms. The zero-order valence-corrected chi connectivity index (χ0v) is 10.2. The molecule has 0 aliphatic rings. The molecule has 1 aromatic heterocycles. The molecule has 0 saturated carbocycles. The molecule has 90 valence electrons. The number of hydrogen-bond acceptors (Lipinski definition) is 4. The lowest BCUT2D eigenvalue weighted by molar-refractivity contribution is -0.123. The highest BCUT2D eigenvalue weighted by atomic mass is 16.1. The average molecular weight is 224 g/mol. The molecule has 1 rings (SSSR count). The second-order valence-electron chi connectivity index (χ2n) is 3.96. The minimum Gasteiger partial charge on any atom is -0.319 e. The third-order valence-electron chi connectivity index (χ3n) is 3.13. The van der Waals surface area contributed by atoms with Crippen LogP contribution in [-0.4, -0.2) is 26.1 Å². The summed E-state index contributed by atoms with van der Waals surface area (Å²) >= 11 is 0. The Labute approximate surface area is 96.0 Å². The van der Waals surface area contributed by atoms with Gasteiger partial charge in [-0.05, 0) is 19.8 Å². The lowest BCUT2D eigenvalue weighted by Crippen LogP contribution is -2.47. The number of carbonyl (C=O) groups excluding carboxylic acids is 1. The Morgan fingerprint density at radius 2 is 2.06 bits per heavy atom. The van der Waals surface area contributed by atoms with Crippen LogP contribution in [0.3, 0.4) is 0 Å². The van der Waals surface area contributed by atoms with Crippen molar-refractivity contribution >= 4 is 5.78 Å². The van der Waals surface area contributed by atoms with Crippen molar-refractivity contribution in [2.45, 2.75) is 52.1 Å². The molecule has 0 spiro atoms. The van der Waals surface area contributed by atoms with E-state index in [1.165, 1.54) is 6.33 Å². The summed E-state index contributed by atoms with van der Waals surface area (Å²) in [5, 5.41) is 4.03. The molecule has 1 aromatic rings. The minimum absolute atomic E-state index is 0.0419. The van der Waals surface area contributed by atoms with Crippen molar-refractivity contribution in [3.05, 3.63) is 12.2 Å². The number of aromatic nitrogens is 3. The molecule has 0 atom stereocenters. The number of ketones is 1. The Kier molecular flexibility index (Phi) is 4.18.